The fourth-order valence-electron chi connectivity index (χ4n) is 13.1. The Labute approximate surface area is 521 Å². The molecule has 2 atom stereocenters. The number of nitrogens with two attached hydrogens (primary N) is 1. The van der Waals surface area contributed by atoms with Crippen LogP contribution in [-0.4, -0.2) is 161 Å². The van der Waals surface area contributed by atoms with E-state index in [1.165, 1.54) is 11.1 Å². The maximum Gasteiger partial charge on any atom is 0.336 e. The Balaban J connectivity index is 0.000000171. The fourth-order valence-corrected chi connectivity index (χ4v) is 13.1. The van der Waals surface area contributed by atoms with Crippen LogP contribution in [0.25, 0.3) is 33.3 Å². The lowest BCUT2D eigenvalue weighted by Gasteiger charge is -2.34. The van der Waals surface area contributed by atoms with E-state index in [-0.39, 0.29) is 35.7 Å². The lowest BCUT2D eigenvalue weighted by atomic mass is 10.0. The molecule has 12 rings (SSSR count). The Hall–Kier alpha value is -7.56. The average molecular weight is 1210 g/mol. The van der Waals surface area contributed by atoms with Crippen LogP contribution in [0.1, 0.15) is 114 Å². The van der Waals surface area contributed by atoms with Crippen LogP contribution < -0.4 is 22.2 Å². The Bertz CT molecular complexity index is 3920. The van der Waals surface area contributed by atoms with Crippen molar-refractivity contribution in [2.45, 2.75) is 93.7 Å². The van der Waals surface area contributed by atoms with Crippen LogP contribution in [0.4, 0.5) is 0 Å². The number of hydrogen-bond acceptors (Lipinski definition) is 13. The molecule has 4 aliphatic heterocycles. The second-order valence-corrected chi connectivity index (χ2v) is 24.1. The van der Waals surface area contributed by atoms with E-state index in [2.05, 4.69) is 131 Å². The van der Waals surface area contributed by atoms with E-state index >= 15 is 0 Å². The number of hydrogen-bond donors (Lipinski definition) is 5. The number of aromatic nitrogens is 4. The van der Waals surface area contributed by atoms with Crippen LogP contribution in [-0.2, 0) is 45.1 Å². The number of carboxylic acid groups (broad SMARTS) is 1. The van der Waals surface area contributed by atoms with Crippen LogP contribution in [0.2, 0.25) is 0 Å². The van der Waals surface area contributed by atoms with Gasteiger partial charge in [0.2, 0.25) is 0 Å². The number of aromatic carboxylic acids is 1. The summed E-state index contributed by atoms with van der Waals surface area (Å²) in [5, 5.41) is 12.9. The lowest BCUT2D eigenvalue weighted by Crippen LogP contribution is -2.39. The van der Waals surface area contributed by atoms with Gasteiger partial charge in [0.25, 0.3) is 17.0 Å². The zero-order chi connectivity index (χ0) is 62.9. The van der Waals surface area contributed by atoms with Crippen LogP contribution in [0, 0.1) is 41.5 Å². The number of pyridine rings is 4. The van der Waals surface area contributed by atoms with E-state index in [4.69, 9.17) is 24.7 Å². The normalized spacial score (nSPS) is 17.0. The molecule has 19 heteroatoms. The third kappa shape index (κ3) is 15.4. The first-order chi connectivity index (χ1) is 42.9. The van der Waals surface area contributed by atoms with Crippen molar-refractivity contribution in [2.24, 2.45) is 5.73 Å². The largest absolute Gasteiger partial charge is 0.478 e. The van der Waals surface area contributed by atoms with Gasteiger partial charge in [-0.15, -0.1) is 0 Å². The van der Waals surface area contributed by atoms with Crippen molar-refractivity contribution in [2.75, 3.05) is 105 Å². The van der Waals surface area contributed by atoms with Gasteiger partial charge in [-0.25, -0.2) is 4.79 Å². The van der Waals surface area contributed by atoms with Gasteiger partial charge in [-0.1, -0.05) is 36.4 Å². The number of H-pyrrole nitrogens is 2. The number of rotatable bonds is 15. The van der Waals surface area contributed by atoms with E-state index in [1.54, 1.807) is 6.07 Å². The quantitative estimate of drug-likeness (QED) is 0.0650. The molecule has 1 amide bonds. The Morgan fingerprint density at radius 1 is 0.539 bits per heavy atom. The number of carbonyl (C=O) groups is 2. The molecule has 6 N–H and O–H groups in total. The molecule has 0 radical (unpaired) electrons. The third-order valence-electron chi connectivity index (χ3n) is 18.0. The van der Waals surface area contributed by atoms with Gasteiger partial charge in [0, 0.05) is 165 Å². The molecule has 0 aliphatic carbocycles. The zero-order valence-electron chi connectivity index (χ0n) is 53.0. The number of aryl methyl sites for hydroxylation is 4. The summed E-state index contributed by atoms with van der Waals surface area (Å²) in [6, 6.07) is 29.5. The second kappa shape index (κ2) is 29.4. The smallest absolute Gasteiger partial charge is 0.336 e. The maximum atomic E-state index is 13.8. The molecular formula is C70H88N10O9. The van der Waals surface area contributed by atoms with E-state index in [0.29, 0.717) is 55.2 Å². The highest BCUT2D eigenvalue weighted by Gasteiger charge is 2.28. The van der Waals surface area contributed by atoms with Crippen molar-refractivity contribution in [3.05, 3.63) is 196 Å². The van der Waals surface area contributed by atoms with Gasteiger partial charge in [-0.2, -0.15) is 0 Å². The van der Waals surface area contributed by atoms with Gasteiger partial charge in [0.1, 0.15) is 0 Å². The zero-order valence-corrected chi connectivity index (χ0v) is 53.0. The van der Waals surface area contributed by atoms with Gasteiger partial charge in [-0.05, 0) is 148 Å². The Morgan fingerprint density at radius 3 is 1.36 bits per heavy atom. The van der Waals surface area contributed by atoms with Gasteiger partial charge >= 0.3 is 5.97 Å². The summed E-state index contributed by atoms with van der Waals surface area (Å²) < 4.78 is 26.6. The monoisotopic (exact) mass is 1210 g/mol. The number of ether oxygens (including phenoxy) is 4. The van der Waals surface area contributed by atoms with E-state index in [9.17, 15) is 24.3 Å². The van der Waals surface area contributed by atoms with Crippen molar-refractivity contribution in [1.29, 1.82) is 0 Å². The molecule has 2 aromatic carbocycles. The van der Waals surface area contributed by atoms with Crippen molar-refractivity contribution < 1.29 is 33.6 Å². The lowest BCUT2D eigenvalue weighted by molar-refractivity contribution is 0.0186. The van der Waals surface area contributed by atoms with Crippen molar-refractivity contribution >= 4 is 22.9 Å². The predicted octanol–water partition coefficient (Wildman–Crippen LogP) is 8.66. The van der Waals surface area contributed by atoms with Crippen molar-refractivity contribution in [3.63, 3.8) is 0 Å². The summed E-state index contributed by atoms with van der Waals surface area (Å²) in [5.41, 5.74) is 23.7. The third-order valence-corrected chi connectivity index (χ3v) is 18.0. The standard InChI is InChI=1S/C35H43N5O4.C27H33N3O4.C8H12N2O/c1-23-16-24(2)37-35(42)32(23)20-36-34(41)31-19-30-18-29(28-7-5-6-27(17-28)21-38-8-12-43-13-9-38)22-40(30)33(25(31)3)26(4)39-10-14-44-15-11-39;1-19-25(27(31)32)16-24-15-23(18-30(24)26(19)20(2)29-8-12-34-13-9-29)22-5-3-4-21(14-22)17-28-6-10-33-11-7-28;1-5-3-6(2)10-8(11)7(5)4-9/h5-7,16-19,22,26H,8-15,20-21H2,1-4H3,(H,36,41)(H,37,42);3-5,14-16,18,20H,6-13,17H2,1-2H3,(H,31,32);3H,4,9H2,1-2H3,(H,10,11). The molecule has 8 aromatic rings. The molecule has 4 fully saturated rings. The SMILES string of the molecule is Cc1c(C(=O)O)cc2cc(-c3cccc(CN4CCOCC4)c3)cn2c1C(C)N1CCOCC1.Cc1cc(C)c(CN)c(=O)[nH]1.Cc1cc(C)c(CNC(=O)c2cc3cc(-c4cccc(CN5CCOCC5)c4)cn3c(C(C)N3CCOCC3)c2C)c(=O)[nH]1. The summed E-state index contributed by atoms with van der Waals surface area (Å²) in [6.45, 7) is 31.3. The van der Waals surface area contributed by atoms with Crippen molar-refractivity contribution in [3.8, 4) is 22.3 Å². The highest BCUT2D eigenvalue weighted by molar-refractivity contribution is 5.97. The number of carbonyl (C=O) groups excluding carboxylic acids is 1. The number of amides is 1. The van der Waals surface area contributed by atoms with Crippen LogP contribution >= 0.6 is 0 Å². The molecule has 10 heterocycles. The number of nitrogens with one attached hydrogen (secondary N) is 3. The first-order valence-corrected chi connectivity index (χ1v) is 31.3. The maximum absolute atomic E-state index is 13.8. The highest BCUT2D eigenvalue weighted by atomic mass is 16.5. The first-order valence-electron chi connectivity index (χ1n) is 31.3. The van der Waals surface area contributed by atoms with Gasteiger partial charge in [0.05, 0.1) is 58.4 Å². The fraction of sp³-hybridized carbons (Fsp3) is 0.429. The van der Waals surface area contributed by atoms with Crippen LogP contribution in [0.15, 0.2) is 107 Å². The van der Waals surface area contributed by atoms with E-state index < -0.39 is 5.97 Å². The summed E-state index contributed by atoms with van der Waals surface area (Å²) in [6.07, 6.45) is 4.37. The second-order valence-electron chi connectivity index (χ2n) is 24.1. The van der Waals surface area contributed by atoms with Gasteiger partial charge in [-0.3, -0.25) is 34.0 Å². The van der Waals surface area contributed by atoms with Gasteiger partial charge in [0.15, 0.2) is 0 Å². The predicted molar refractivity (Wildman–Crippen MR) is 348 cm³/mol. The molecule has 472 valence electrons. The molecule has 0 spiro atoms. The number of aromatic amines is 2. The highest BCUT2D eigenvalue weighted by Crippen LogP contribution is 2.35. The number of morpholine rings is 4. The Kier molecular flexibility index (Phi) is 21.3. The molecule has 19 nitrogen and oxygen atoms in total. The number of carboxylic acids is 1. The van der Waals surface area contributed by atoms with E-state index in [1.807, 2.05) is 59.7 Å². The van der Waals surface area contributed by atoms with E-state index in [0.717, 1.165) is 170 Å². The van der Waals surface area contributed by atoms with Crippen LogP contribution in [0.5, 0.6) is 0 Å². The van der Waals surface area contributed by atoms with Gasteiger partial charge < -0.3 is 53.9 Å². The molecular weight excluding hydrogens is 1120 g/mol. The molecule has 6 aromatic heterocycles. The van der Waals surface area contributed by atoms with Crippen molar-refractivity contribution in [1.82, 2.24) is 43.7 Å². The Morgan fingerprint density at radius 2 is 0.944 bits per heavy atom. The molecule has 0 bridgehead atoms. The minimum atomic E-state index is -0.884. The number of nitrogens with zero attached hydrogens (tertiary/aromatic N) is 6. The number of benzene rings is 2. The molecule has 4 aliphatic rings. The molecule has 2 unspecified atom stereocenters. The average Bonchev–Trinajstić information content (AvgIpc) is 1.86. The molecule has 89 heavy (non-hydrogen) atoms. The summed E-state index contributed by atoms with van der Waals surface area (Å²) in [4.78, 5) is 64.8. The first kappa shape index (κ1) is 64.4. The number of fused-ring (bicyclic) bond motifs is 2. The minimum Gasteiger partial charge on any atom is -0.478 e. The summed E-state index contributed by atoms with van der Waals surface area (Å²) >= 11 is 0. The summed E-state index contributed by atoms with van der Waals surface area (Å²) in [5.74, 6) is -1.07. The molecule has 4 saturated heterocycles. The summed E-state index contributed by atoms with van der Waals surface area (Å²) in [7, 11) is 0. The van der Waals surface area contributed by atoms with Crippen LogP contribution in [0.3, 0.4) is 0 Å². The minimum absolute atomic E-state index is 0.0648. The molecule has 0 saturated carbocycles. The topological polar surface area (TPSA) is 217 Å².